The maximum Gasteiger partial charge on any atom is 0.251 e. The second kappa shape index (κ2) is 10.00. The van der Waals surface area contributed by atoms with Crippen LogP contribution in [0.4, 0.5) is 5.69 Å². The van der Waals surface area contributed by atoms with Gasteiger partial charge in [-0.1, -0.05) is 0 Å². The first-order chi connectivity index (χ1) is 14.0. The fraction of sp³-hybridized carbons (Fsp3) is 0.550. The molecule has 1 atom stereocenters. The lowest BCUT2D eigenvalue weighted by Gasteiger charge is -2.30. The van der Waals surface area contributed by atoms with Gasteiger partial charge in [-0.05, 0) is 43.4 Å². The van der Waals surface area contributed by atoms with Crippen LogP contribution in [-0.2, 0) is 14.3 Å². The summed E-state index contributed by atoms with van der Waals surface area (Å²) in [7, 11) is 1.66. The highest BCUT2D eigenvalue weighted by molar-refractivity contribution is 7.80. The summed E-state index contributed by atoms with van der Waals surface area (Å²) in [4.78, 5) is 30.8. The van der Waals surface area contributed by atoms with E-state index in [1.807, 2.05) is 11.8 Å². The van der Waals surface area contributed by atoms with Crippen molar-refractivity contribution in [1.29, 1.82) is 0 Å². The molecule has 2 amide bonds. The third-order valence-electron chi connectivity index (χ3n) is 5.11. The van der Waals surface area contributed by atoms with Crippen LogP contribution in [0, 0.1) is 0 Å². The van der Waals surface area contributed by atoms with Gasteiger partial charge >= 0.3 is 0 Å². The van der Waals surface area contributed by atoms with E-state index in [1.54, 1.807) is 31.3 Å². The SMILES string of the molecule is CCOc1ccc(NC(=O)CC2C(=O)N(C)C(=S)N2CCN2CCOCC2)cc1. The van der Waals surface area contributed by atoms with Crippen LogP contribution in [0.25, 0.3) is 0 Å². The number of carbonyl (C=O) groups is 2. The van der Waals surface area contributed by atoms with Crippen molar-refractivity contribution in [3.8, 4) is 5.75 Å². The number of nitrogens with zero attached hydrogens (tertiary/aromatic N) is 3. The molecule has 0 spiro atoms. The Morgan fingerprint density at radius 3 is 2.59 bits per heavy atom. The number of hydrogen-bond acceptors (Lipinski definition) is 6. The van der Waals surface area contributed by atoms with Crippen molar-refractivity contribution in [3.63, 3.8) is 0 Å². The van der Waals surface area contributed by atoms with E-state index < -0.39 is 6.04 Å². The third kappa shape index (κ3) is 5.43. The van der Waals surface area contributed by atoms with Gasteiger partial charge in [0.2, 0.25) is 5.91 Å². The standard InChI is InChI=1S/C20H28N4O4S/c1-3-28-16-6-4-15(5-7-16)21-18(25)14-17-19(26)22(2)20(29)24(17)9-8-23-10-12-27-13-11-23/h4-7,17H,3,8-14H2,1-2H3,(H,21,25). The van der Waals surface area contributed by atoms with Gasteiger partial charge in [0.25, 0.3) is 5.91 Å². The topological polar surface area (TPSA) is 74.4 Å². The van der Waals surface area contributed by atoms with Gasteiger partial charge in [0, 0.05) is 38.9 Å². The van der Waals surface area contributed by atoms with E-state index in [4.69, 9.17) is 21.7 Å². The minimum atomic E-state index is -0.573. The Labute approximate surface area is 176 Å². The number of thiocarbonyl (C=S) groups is 1. The first-order valence-electron chi connectivity index (χ1n) is 9.90. The Balaban J connectivity index is 1.58. The molecule has 0 radical (unpaired) electrons. The Bertz CT molecular complexity index is 737. The van der Waals surface area contributed by atoms with Crippen LogP contribution in [0.1, 0.15) is 13.3 Å². The number of likely N-dealkylation sites (N-methyl/N-ethyl adjacent to an activating group) is 1. The lowest BCUT2D eigenvalue weighted by atomic mass is 10.1. The summed E-state index contributed by atoms with van der Waals surface area (Å²) in [6.45, 7) is 7.07. The highest BCUT2D eigenvalue weighted by Gasteiger charge is 2.41. The molecule has 158 valence electrons. The fourth-order valence-corrected chi connectivity index (χ4v) is 3.80. The number of benzene rings is 1. The van der Waals surface area contributed by atoms with E-state index in [2.05, 4.69) is 10.2 Å². The zero-order valence-corrected chi connectivity index (χ0v) is 17.7. The average Bonchev–Trinajstić information content (AvgIpc) is 2.92. The summed E-state index contributed by atoms with van der Waals surface area (Å²) in [5, 5.41) is 3.33. The molecule has 2 saturated heterocycles. The number of hydrogen-bond donors (Lipinski definition) is 1. The maximum atomic E-state index is 12.6. The van der Waals surface area contributed by atoms with Gasteiger partial charge < -0.3 is 19.7 Å². The minimum Gasteiger partial charge on any atom is -0.494 e. The lowest BCUT2D eigenvalue weighted by molar-refractivity contribution is -0.130. The maximum absolute atomic E-state index is 12.6. The van der Waals surface area contributed by atoms with E-state index in [-0.39, 0.29) is 18.2 Å². The number of carbonyl (C=O) groups excluding carboxylic acids is 2. The predicted molar refractivity (Wildman–Crippen MR) is 114 cm³/mol. The molecule has 3 rings (SSSR count). The molecule has 1 N–H and O–H groups in total. The van der Waals surface area contributed by atoms with Gasteiger partial charge in [0.05, 0.1) is 26.2 Å². The second-order valence-electron chi connectivity index (χ2n) is 7.05. The van der Waals surface area contributed by atoms with Crippen molar-refractivity contribution in [2.75, 3.05) is 58.4 Å². The first-order valence-corrected chi connectivity index (χ1v) is 10.3. The lowest BCUT2D eigenvalue weighted by Crippen LogP contribution is -2.45. The molecule has 0 saturated carbocycles. The molecule has 2 aliphatic rings. The number of nitrogens with one attached hydrogen (secondary N) is 1. The van der Waals surface area contributed by atoms with Gasteiger partial charge in [0.15, 0.2) is 5.11 Å². The summed E-state index contributed by atoms with van der Waals surface area (Å²) >= 11 is 5.45. The van der Waals surface area contributed by atoms with E-state index in [9.17, 15) is 9.59 Å². The highest BCUT2D eigenvalue weighted by Crippen LogP contribution is 2.21. The zero-order valence-electron chi connectivity index (χ0n) is 16.9. The first kappa shape index (κ1) is 21.5. The molecule has 1 aromatic rings. The monoisotopic (exact) mass is 420 g/mol. The number of rotatable bonds is 8. The van der Waals surface area contributed by atoms with Gasteiger partial charge in [-0.25, -0.2) is 0 Å². The number of ether oxygens (including phenoxy) is 2. The normalized spacial score (nSPS) is 20.3. The minimum absolute atomic E-state index is 0.0552. The molecule has 0 aromatic heterocycles. The van der Waals surface area contributed by atoms with E-state index >= 15 is 0 Å². The van der Waals surface area contributed by atoms with Crippen molar-refractivity contribution in [2.45, 2.75) is 19.4 Å². The van der Waals surface area contributed by atoms with Crippen LogP contribution in [0.15, 0.2) is 24.3 Å². The van der Waals surface area contributed by atoms with E-state index in [1.165, 1.54) is 4.90 Å². The van der Waals surface area contributed by atoms with Crippen molar-refractivity contribution < 1.29 is 19.1 Å². The predicted octanol–water partition coefficient (Wildman–Crippen LogP) is 1.17. The Morgan fingerprint density at radius 2 is 1.93 bits per heavy atom. The van der Waals surface area contributed by atoms with Crippen molar-refractivity contribution >= 4 is 34.8 Å². The molecule has 2 fully saturated rings. The molecule has 0 bridgehead atoms. The molecule has 2 heterocycles. The molecular weight excluding hydrogens is 392 g/mol. The highest BCUT2D eigenvalue weighted by atomic mass is 32.1. The van der Waals surface area contributed by atoms with Crippen molar-refractivity contribution in [1.82, 2.24) is 14.7 Å². The molecule has 0 aliphatic carbocycles. The molecule has 29 heavy (non-hydrogen) atoms. The van der Waals surface area contributed by atoms with E-state index in [0.29, 0.717) is 24.0 Å². The smallest absolute Gasteiger partial charge is 0.251 e. The Hall–Kier alpha value is -2.23. The zero-order chi connectivity index (χ0) is 20.8. The van der Waals surface area contributed by atoms with Gasteiger partial charge in [0.1, 0.15) is 11.8 Å². The molecule has 9 heteroatoms. The molecule has 1 aromatic carbocycles. The molecule has 8 nitrogen and oxygen atoms in total. The van der Waals surface area contributed by atoms with Crippen LogP contribution in [0.2, 0.25) is 0 Å². The third-order valence-corrected chi connectivity index (χ3v) is 5.62. The quantitative estimate of drug-likeness (QED) is 0.633. The van der Waals surface area contributed by atoms with Gasteiger partial charge in [-0.2, -0.15) is 0 Å². The van der Waals surface area contributed by atoms with Crippen LogP contribution < -0.4 is 10.1 Å². The van der Waals surface area contributed by atoms with Crippen molar-refractivity contribution in [2.24, 2.45) is 0 Å². The number of amides is 2. The second-order valence-corrected chi connectivity index (χ2v) is 7.42. The summed E-state index contributed by atoms with van der Waals surface area (Å²) in [6.07, 6.45) is 0.0552. The summed E-state index contributed by atoms with van der Waals surface area (Å²) in [5.74, 6) is 0.388. The largest absolute Gasteiger partial charge is 0.494 e. The Morgan fingerprint density at radius 1 is 1.24 bits per heavy atom. The summed E-state index contributed by atoms with van der Waals surface area (Å²) in [6, 6.07) is 6.60. The number of morpholine rings is 1. The summed E-state index contributed by atoms with van der Waals surface area (Å²) in [5.41, 5.74) is 0.666. The van der Waals surface area contributed by atoms with Crippen LogP contribution in [0.3, 0.4) is 0 Å². The van der Waals surface area contributed by atoms with Crippen molar-refractivity contribution in [3.05, 3.63) is 24.3 Å². The van der Waals surface area contributed by atoms with Gasteiger partial charge in [-0.3, -0.25) is 19.4 Å². The van der Waals surface area contributed by atoms with Gasteiger partial charge in [-0.15, -0.1) is 0 Å². The van der Waals surface area contributed by atoms with Crippen LogP contribution >= 0.6 is 12.2 Å². The van der Waals surface area contributed by atoms with Crippen LogP contribution in [-0.4, -0.2) is 90.7 Å². The Kier molecular flexibility index (Phi) is 7.40. The fourth-order valence-electron chi connectivity index (χ4n) is 3.49. The molecule has 2 aliphatic heterocycles. The molecular formula is C20H28N4O4S. The average molecular weight is 421 g/mol. The molecule has 1 unspecified atom stereocenters. The van der Waals surface area contributed by atoms with E-state index in [0.717, 1.165) is 38.6 Å². The summed E-state index contributed by atoms with van der Waals surface area (Å²) < 4.78 is 10.8. The number of anilines is 1. The van der Waals surface area contributed by atoms with Crippen LogP contribution in [0.5, 0.6) is 5.75 Å².